The number of allylic oxidation sites excluding steroid dienone is 8. The third-order valence-corrected chi connectivity index (χ3v) is 19.9. The molecule has 0 heterocycles. The Hall–Kier alpha value is -0.0743. The summed E-state index contributed by atoms with van der Waals surface area (Å²) in [5.74, 6) is 0. The summed E-state index contributed by atoms with van der Waals surface area (Å²) in [6.07, 6.45) is 18.2. The summed E-state index contributed by atoms with van der Waals surface area (Å²) < 4.78 is 8.89. The van der Waals surface area contributed by atoms with Crippen molar-refractivity contribution >= 4 is 29.4 Å². The summed E-state index contributed by atoms with van der Waals surface area (Å²) in [6, 6.07) is 0. The maximum atomic E-state index is 7.08. The largest absolute Gasteiger partial charge is 0.412 e. The van der Waals surface area contributed by atoms with Crippen LogP contribution in [0.2, 0.25) is 18.0 Å². The molecular formula is C18H32Ge2O3. The van der Waals surface area contributed by atoms with E-state index in [2.05, 4.69) is 90.2 Å². The summed E-state index contributed by atoms with van der Waals surface area (Å²) in [6.45, 7) is 14.3. The Morgan fingerprint density at radius 1 is 0.609 bits per heavy atom. The first kappa shape index (κ1) is 22.9. The summed E-state index contributed by atoms with van der Waals surface area (Å²) in [7, 11) is 0. The average molecular weight is 442 g/mol. The molecule has 0 saturated heterocycles. The monoisotopic (exact) mass is 444 g/mol. The van der Waals surface area contributed by atoms with Gasteiger partial charge in [-0.05, 0) is 0 Å². The molecule has 3 nitrogen and oxygen atoms in total. The van der Waals surface area contributed by atoms with Crippen LogP contribution in [0.1, 0.15) is 41.5 Å². The summed E-state index contributed by atoms with van der Waals surface area (Å²) in [4.78, 5) is 0. The molecule has 4 N–H and O–H groups in total. The third-order valence-electron chi connectivity index (χ3n) is 3.80. The van der Waals surface area contributed by atoms with Crippen LogP contribution in [0.4, 0.5) is 0 Å². The van der Waals surface area contributed by atoms with E-state index in [1.807, 2.05) is 0 Å². The van der Waals surface area contributed by atoms with Crippen LogP contribution >= 0.6 is 0 Å². The second-order valence-corrected chi connectivity index (χ2v) is 22.7. The standard InChI is InChI=1S/C18H28Ge2O.2H2O/c1-17(2,3)19(15-11-7-8-12-15)21-20(18(4,5)6)16-13-9-10-14-16;;/h7-16H,1-6H3;2*1H2. The number of hydrogen-bond donors (Lipinski definition) is 0. The minimum Gasteiger partial charge on any atom is -0.412 e. The number of hydrogen-bond acceptors (Lipinski definition) is 1. The van der Waals surface area contributed by atoms with Gasteiger partial charge in [0.05, 0.1) is 0 Å². The van der Waals surface area contributed by atoms with Gasteiger partial charge in [0.1, 0.15) is 0 Å². The fourth-order valence-corrected chi connectivity index (χ4v) is 23.9. The molecule has 0 fully saturated rings. The molecule has 0 spiro atoms. The Balaban J connectivity index is 0.00000242. The van der Waals surface area contributed by atoms with E-state index in [1.54, 1.807) is 0 Å². The molecule has 2 aliphatic rings. The maximum Gasteiger partial charge on any atom is -0.412 e. The van der Waals surface area contributed by atoms with Crippen LogP contribution in [0, 0.1) is 0 Å². The molecule has 0 aliphatic heterocycles. The van der Waals surface area contributed by atoms with Crippen LogP contribution < -0.4 is 0 Å². The predicted octanol–water partition coefficient (Wildman–Crippen LogP) is 3.93. The number of rotatable bonds is 4. The van der Waals surface area contributed by atoms with Gasteiger partial charge in [-0.2, -0.15) is 0 Å². The van der Waals surface area contributed by atoms with Gasteiger partial charge in [-0.3, -0.25) is 0 Å². The molecule has 0 atom stereocenters. The van der Waals surface area contributed by atoms with E-state index < -0.39 is 29.4 Å². The normalized spacial score (nSPS) is 18.1. The summed E-state index contributed by atoms with van der Waals surface area (Å²) in [5.41, 5.74) is 0. The Morgan fingerprint density at radius 3 is 1.09 bits per heavy atom. The second kappa shape index (κ2) is 8.86. The Labute approximate surface area is 151 Å². The zero-order chi connectivity index (χ0) is 15.7. The second-order valence-electron chi connectivity index (χ2n) is 7.92. The quantitative estimate of drug-likeness (QED) is 0.609. The van der Waals surface area contributed by atoms with Crippen LogP contribution in [0.3, 0.4) is 0 Å². The molecule has 0 amide bonds. The smallest absolute Gasteiger partial charge is 0.412 e. The fraction of sp³-hybridized carbons (Fsp3) is 0.556. The first-order chi connectivity index (χ1) is 9.69. The third kappa shape index (κ3) is 6.05. The van der Waals surface area contributed by atoms with Crippen LogP contribution in [0.5, 0.6) is 0 Å². The van der Waals surface area contributed by atoms with Gasteiger partial charge in [0, 0.05) is 0 Å². The van der Waals surface area contributed by atoms with Crippen LogP contribution in [-0.2, 0) is 2.79 Å². The molecule has 0 bridgehead atoms. The van der Waals surface area contributed by atoms with E-state index >= 15 is 0 Å². The van der Waals surface area contributed by atoms with Gasteiger partial charge in [0.2, 0.25) is 0 Å². The molecule has 0 unspecified atom stereocenters. The molecule has 2 aliphatic carbocycles. The zero-order valence-electron chi connectivity index (χ0n) is 15.2. The zero-order valence-corrected chi connectivity index (χ0v) is 19.4. The van der Waals surface area contributed by atoms with Gasteiger partial charge in [0.15, 0.2) is 0 Å². The topological polar surface area (TPSA) is 72.2 Å². The van der Waals surface area contributed by atoms with Gasteiger partial charge in [-0.1, -0.05) is 0 Å². The van der Waals surface area contributed by atoms with Crippen molar-refractivity contribution in [3.05, 3.63) is 48.6 Å². The van der Waals surface area contributed by atoms with Crippen LogP contribution in [0.15, 0.2) is 48.6 Å². The van der Waals surface area contributed by atoms with Crippen molar-refractivity contribution in [3.63, 3.8) is 0 Å². The first-order valence-electron chi connectivity index (χ1n) is 7.82. The van der Waals surface area contributed by atoms with Crippen molar-refractivity contribution < 1.29 is 13.7 Å². The van der Waals surface area contributed by atoms with Crippen LogP contribution in [0.25, 0.3) is 0 Å². The summed E-state index contributed by atoms with van der Waals surface area (Å²) in [5, 5.41) is 0. The van der Waals surface area contributed by atoms with Crippen molar-refractivity contribution in [2.24, 2.45) is 0 Å². The molecular weight excluding hydrogens is 409 g/mol. The van der Waals surface area contributed by atoms with Crippen molar-refractivity contribution in [1.29, 1.82) is 0 Å². The molecule has 23 heavy (non-hydrogen) atoms. The van der Waals surface area contributed by atoms with Gasteiger partial charge >= 0.3 is 140 Å². The van der Waals surface area contributed by atoms with Gasteiger partial charge in [-0.15, -0.1) is 0 Å². The minimum atomic E-state index is -1.68. The Morgan fingerprint density at radius 2 is 0.870 bits per heavy atom. The molecule has 5 heteroatoms. The van der Waals surface area contributed by atoms with E-state index in [1.165, 1.54) is 0 Å². The van der Waals surface area contributed by atoms with Crippen molar-refractivity contribution in [2.75, 3.05) is 0 Å². The van der Waals surface area contributed by atoms with Crippen molar-refractivity contribution in [3.8, 4) is 0 Å². The van der Waals surface area contributed by atoms with E-state index in [0.717, 1.165) is 0 Å². The van der Waals surface area contributed by atoms with Crippen molar-refractivity contribution in [1.82, 2.24) is 0 Å². The van der Waals surface area contributed by atoms with E-state index in [9.17, 15) is 0 Å². The van der Waals surface area contributed by atoms with E-state index in [0.29, 0.717) is 18.0 Å². The molecule has 0 aromatic carbocycles. The predicted molar refractivity (Wildman–Crippen MR) is 103 cm³/mol. The molecule has 0 aromatic rings. The molecule has 0 saturated carbocycles. The van der Waals surface area contributed by atoms with Crippen LogP contribution in [-0.4, -0.2) is 40.3 Å². The van der Waals surface area contributed by atoms with Gasteiger partial charge < -0.3 is 11.0 Å². The molecule has 130 valence electrons. The van der Waals surface area contributed by atoms with Gasteiger partial charge in [-0.25, -0.2) is 0 Å². The Bertz CT molecular complexity index is 413. The SMILES string of the molecule is C[C](C)(C)[Ge]([O][Ge]([CH]1C=CC=C1)[C](C)(C)C)[CH]1C=CC=C1.O.O. The maximum absolute atomic E-state index is 7.08. The van der Waals surface area contributed by atoms with E-state index in [4.69, 9.17) is 2.79 Å². The first-order valence-corrected chi connectivity index (χ1v) is 14.1. The summed E-state index contributed by atoms with van der Waals surface area (Å²) >= 11 is -3.36. The molecule has 2 rings (SSSR count). The minimum absolute atomic E-state index is 0. The fourth-order valence-electron chi connectivity index (χ4n) is 2.77. The molecule has 0 aromatic heterocycles. The van der Waals surface area contributed by atoms with E-state index in [-0.39, 0.29) is 11.0 Å². The Kier molecular flexibility index (Phi) is 8.83. The van der Waals surface area contributed by atoms with Crippen molar-refractivity contribution in [2.45, 2.75) is 59.5 Å². The molecule has 2 radical (unpaired) electrons. The van der Waals surface area contributed by atoms with Gasteiger partial charge in [0.25, 0.3) is 0 Å². The average Bonchev–Trinajstić information content (AvgIpc) is 2.96.